The zero-order chi connectivity index (χ0) is 22.4. The molecule has 2 heterocycles. The molecule has 0 atom stereocenters. The minimum atomic E-state index is -0.683. The van der Waals surface area contributed by atoms with Gasteiger partial charge in [-0.15, -0.1) is 0 Å². The molecule has 3 amide bonds. The molecule has 1 aromatic heterocycles. The SMILES string of the molecule is O=C(CCCN1C(=O)/C(=C\c2ccco2)SC1=S)NNC(=O)c1cccc([N+](=O)[O-])c1. The molecule has 1 aromatic carbocycles. The van der Waals surface area contributed by atoms with E-state index in [-0.39, 0.29) is 30.1 Å². The third kappa shape index (κ3) is 5.77. The number of non-ortho nitro benzene ring substituents is 1. The number of nitro benzene ring substituents is 1. The van der Waals surface area contributed by atoms with Crippen LogP contribution in [0.5, 0.6) is 0 Å². The first-order valence-corrected chi connectivity index (χ1v) is 10.2. The predicted molar refractivity (Wildman–Crippen MR) is 117 cm³/mol. The topological polar surface area (TPSA) is 135 Å². The maximum atomic E-state index is 12.5. The second kappa shape index (κ2) is 10.00. The van der Waals surface area contributed by atoms with Gasteiger partial charge >= 0.3 is 0 Å². The summed E-state index contributed by atoms with van der Waals surface area (Å²) < 4.78 is 5.59. The van der Waals surface area contributed by atoms with E-state index in [0.29, 0.717) is 21.4 Å². The molecule has 0 unspecified atom stereocenters. The van der Waals surface area contributed by atoms with Crippen LogP contribution < -0.4 is 10.9 Å². The average Bonchev–Trinajstić information content (AvgIpc) is 3.35. The molecule has 0 saturated carbocycles. The normalized spacial score (nSPS) is 14.7. The van der Waals surface area contributed by atoms with Gasteiger partial charge in [-0.1, -0.05) is 30.0 Å². The molecule has 1 aliphatic rings. The Morgan fingerprint density at radius 3 is 2.77 bits per heavy atom. The van der Waals surface area contributed by atoms with Gasteiger partial charge in [-0.3, -0.25) is 40.2 Å². The lowest BCUT2D eigenvalue weighted by Crippen LogP contribution is -2.41. The molecular weight excluding hydrogens is 444 g/mol. The molecule has 0 aliphatic carbocycles. The second-order valence-corrected chi connectivity index (χ2v) is 7.94. The lowest BCUT2D eigenvalue weighted by atomic mass is 10.2. The summed E-state index contributed by atoms with van der Waals surface area (Å²) in [6.45, 7) is 0.242. The molecule has 1 saturated heterocycles. The van der Waals surface area contributed by atoms with Crippen LogP contribution in [0.4, 0.5) is 5.69 Å². The van der Waals surface area contributed by atoms with Crippen molar-refractivity contribution in [2.75, 3.05) is 6.54 Å². The number of furan rings is 1. The lowest BCUT2D eigenvalue weighted by Gasteiger charge is -2.14. The fraction of sp³-hybridized carbons (Fsp3) is 0.158. The fourth-order valence-corrected chi connectivity index (χ4v) is 3.90. The van der Waals surface area contributed by atoms with Crippen molar-refractivity contribution in [2.45, 2.75) is 12.8 Å². The minimum absolute atomic E-state index is 0.0313. The van der Waals surface area contributed by atoms with Gasteiger partial charge in [0.15, 0.2) is 0 Å². The number of hydrogen-bond acceptors (Lipinski definition) is 8. The van der Waals surface area contributed by atoms with E-state index < -0.39 is 16.7 Å². The number of nitrogens with one attached hydrogen (secondary N) is 2. The molecule has 0 spiro atoms. The van der Waals surface area contributed by atoms with Gasteiger partial charge in [0.1, 0.15) is 10.1 Å². The molecule has 0 bridgehead atoms. The van der Waals surface area contributed by atoms with Crippen LogP contribution in [0.25, 0.3) is 6.08 Å². The van der Waals surface area contributed by atoms with Crippen molar-refractivity contribution in [3.8, 4) is 0 Å². The highest BCUT2D eigenvalue weighted by Gasteiger charge is 2.31. The molecule has 160 valence electrons. The van der Waals surface area contributed by atoms with Crippen LogP contribution in [0.3, 0.4) is 0 Å². The summed E-state index contributed by atoms with van der Waals surface area (Å²) in [4.78, 5) is 48.5. The summed E-state index contributed by atoms with van der Waals surface area (Å²) in [5.41, 5.74) is 4.25. The molecule has 12 heteroatoms. The number of nitrogens with zero attached hydrogens (tertiary/aromatic N) is 2. The third-order valence-corrected chi connectivity index (χ3v) is 5.49. The number of thioether (sulfide) groups is 1. The van der Waals surface area contributed by atoms with E-state index in [4.69, 9.17) is 16.6 Å². The maximum Gasteiger partial charge on any atom is 0.270 e. The first-order chi connectivity index (χ1) is 14.8. The van der Waals surface area contributed by atoms with Crippen molar-refractivity contribution in [2.24, 2.45) is 0 Å². The van der Waals surface area contributed by atoms with Crippen molar-refractivity contribution in [3.63, 3.8) is 0 Å². The first-order valence-electron chi connectivity index (χ1n) is 8.97. The summed E-state index contributed by atoms with van der Waals surface area (Å²) in [5, 5.41) is 10.8. The van der Waals surface area contributed by atoms with E-state index in [2.05, 4.69) is 10.9 Å². The molecule has 2 N–H and O–H groups in total. The summed E-state index contributed by atoms with van der Waals surface area (Å²) in [6, 6.07) is 8.55. The molecule has 10 nitrogen and oxygen atoms in total. The van der Waals surface area contributed by atoms with Gasteiger partial charge in [-0.2, -0.15) is 0 Å². The van der Waals surface area contributed by atoms with Crippen molar-refractivity contribution < 1.29 is 23.7 Å². The quantitative estimate of drug-likeness (QED) is 0.279. The largest absolute Gasteiger partial charge is 0.465 e. The van der Waals surface area contributed by atoms with Crippen molar-refractivity contribution in [1.82, 2.24) is 15.8 Å². The van der Waals surface area contributed by atoms with Gasteiger partial charge < -0.3 is 4.42 Å². The molecule has 3 rings (SSSR count). The number of hydrazine groups is 1. The van der Waals surface area contributed by atoms with Crippen LogP contribution in [0.15, 0.2) is 52.0 Å². The molecule has 2 aromatic rings. The number of carbonyl (C=O) groups is 3. The van der Waals surface area contributed by atoms with Gasteiger partial charge in [-0.25, -0.2) is 0 Å². The Hall–Kier alpha value is -3.51. The number of hydrogen-bond donors (Lipinski definition) is 2. The van der Waals surface area contributed by atoms with E-state index in [1.165, 1.54) is 29.4 Å². The highest BCUT2D eigenvalue weighted by atomic mass is 32.2. The smallest absolute Gasteiger partial charge is 0.270 e. The summed E-state index contributed by atoms with van der Waals surface area (Å²) in [6.07, 6.45) is 3.46. The maximum absolute atomic E-state index is 12.5. The lowest BCUT2D eigenvalue weighted by molar-refractivity contribution is -0.384. The first kappa shape index (κ1) is 22.2. The molecule has 1 fully saturated rings. The Labute approximate surface area is 185 Å². The van der Waals surface area contributed by atoms with Gasteiger partial charge in [0, 0.05) is 36.7 Å². The Balaban J connectivity index is 1.44. The van der Waals surface area contributed by atoms with Crippen molar-refractivity contribution >= 4 is 57.8 Å². The number of thiocarbonyl (C=S) groups is 1. The standard InChI is InChI=1S/C19H16N4O6S2/c24-16(20-21-17(25)12-4-1-5-13(10-12)23(27)28)7-2-8-22-18(26)15(31-19(22)30)11-14-6-3-9-29-14/h1,3-6,9-11H,2,7-8H2,(H,20,24)(H,21,25)/b15-11+. The van der Waals surface area contributed by atoms with Gasteiger partial charge in [0.25, 0.3) is 17.5 Å². The zero-order valence-corrected chi connectivity index (χ0v) is 17.5. The highest BCUT2D eigenvalue weighted by Crippen LogP contribution is 2.32. The molecule has 31 heavy (non-hydrogen) atoms. The van der Waals surface area contributed by atoms with E-state index >= 15 is 0 Å². The van der Waals surface area contributed by atoms with Gasteiger partial charge in [-0.05, 0) is 24.6 Å². The van der Waals surface area contributed by atoms with E-state index in [1.54, 1.807) is 18.2 Å². The monoisotopic (exact) mass is 460 g/mol. The van der Waals surface area contributed by atoms with Crippen LogP contribution in [0.1, 0.15) is 29.0 Å². The molecular formula is C19H16N4O6S2. The van der Waals surface area contributed by atoms with Crippen LogP contribution in [0.2, 0.25) is 0 Å². The summed E-state index contributed by atoms with van der Waals surface area (Å²) in [5.74, 6) is -0.877. The second-order valence-electron chi connectivity index (χ2n) is 6.26. The number of carbonyl (C=O) groups excluding carboxylic acids is 3. The third-order valence-electron chi connectivity index (χ3n) is 4.11. The Bertz CT molecular complexity index is 1070. The Kier molecular flexibility index (Phi) is 7.15. The van der Waals surface area contributed by atoms with Crippen LogP contribution in [-0.2, 0) is 9.59 Å². The number of nitro groups is 1. The Morgan fingerprint density at radius 2 is 2.06 bits per heavy atom. The molecule has 1 aliphatic heterocycles. The van der Waals surface area contributed by atoms with Crippen LogP contribution >= 0.6 is 24.0 Å². The van der Waals surface area contributed by atoms with Crippen molar-refractivity contribution in [3.05, 3.63) is 69.0 Å². The van der Waals surface area contributed by atoms with E-state index in [1.807, 2.05) is 0 Å². The van der Waals surface area contributed by atoms with Crippen LogP contribution in [0, 0.1) is 10.1 Å². The van der Waals surface area contributed by atoms with Gasteiger partial charge in [0.05, 0.1) is 16.1 Å². The van der Waals surface area contributed by atoms with Crippen molar-refractivity contribution in [1.29, 1.82) is 0 Å². The summed E-state index contributed by atoms with van der Waals surface area (Å²) in [7, 11) is 0. The fourth-order valence-electron chi connectivity index (χ4n) is 2.61. The number of amides is 3. The molecule has 0 radical (unpaired) electrons. The number of rotatable bonds is 7. The number of benzene rings is 1. The highest BCUT2D eigenvalue weighted by molar-refractivity contribution is 8.26. The van der Waals surface area contributed by atoms with E-state index in [0.717, 1.165) is 17.8 Å². The van der Waals surface area contributed by atoms with Gasteiger partial charge in [0.2, 0.25) is 5.91 Å². The minimum Gasteiger partial charge on any atom is -0.465 e. The van der Waals surface area contributed by atoms with E-state index in [9.17, 15) is 24.5 Å². The van der Waals surface area contributed by atoms with Crippen LogP contribution in [-0.4, -0.2) is 38.4 Å². The predicted octanol–water partition coefficient (Wildman–Crippen LogP) is 2.63. The Morgan fingerprint density at radius 1 is 1.26 bits per heavy atom. The zero-order valence-electron chi connectivity index (χ0n) is 15.9. The average molecular weight is 460 g/mol. The summed E-state index contributed by atoms with van der Waals surface area (Å²) >= 11 is 6.39.